The monoisotopic (exact) mass is 255 g/mol. The summed E-state index contributed by atoms with van der Waals surface area (Å²) in [5.41, 5.74) is 5.80. The van der Waals surface area contributed by atoms with Crippen molar-refractivity contribution in [1.82, 2.24) is 0 Å². The van der Waals surface area contributed by atoms with E-state index < -0.39 is 19.6 Å². The third-order valence-corrected chi connectivity index (χ3v) is 1.87. The fourth-order valence-electron chi connectivity index (χ4n) is 0.865. The lowest BCUT2D eigenvalue weighted by atomic mass is 10.3. The molecule has 0 saturated carbocycles. The lowest BCUT2D eigenvalue weighted by Gasteiger charge is -2.09. The van der Waals surface area contributed by atoms with Crippen LogP contribution in [-0.2, 0) is 4.74 Å². The van der Waals surface area contributed by atoms with Crippen LogP contribution in [0.2, 0.25) is 5.02 Å². The minimum atomic E-state index is -4.36. The maximum absolute atomic E-state index is 11.7. The second-order valence-corrected chi connectivity index (χ2v) is 3.32. The van der Waals surface area contributed by atoms with Gasteiger partial charge in [0, 0.05) is 6.07 Å². The van der Waals surface area contributed by atoms with Crippen LogP contribution in [0.15, 0.2) is 18.2 Å². The Morgan fingerprint density at radius 3 is 2.56 bits per heavy atom. The van der Waals surface area contributed by atoms with Crippen LogP contribution in [0.1, 0.15) is 0 Å². The highest BCUT2D eigenvalue weighted by molar-refractivity contribution is 6.33. The molecule has 0 aromatic heterocycles. The molecule has 0 radical (unpaired) electrons. The molecule has 2 N–H and O–H groups in total. The van der Waals surface area contributed by atoms with Gasteiger partial charge in [0.2, 0.25) is 0 Å². The first-order chi connectivity index (χ1) is 7.38. The Hall–Kier alpha value is -1.14. The second-order valence-electron chi connectivity index (χ2n) is 2.91. The Kier molecular flexibility index (Phi) is 4.26. The zero-order chi connectivity index (χ0) is 12.2. The molecular weight excluding hydrogens is 247 g/mol. The quantitative estimate of drug-likeness (QED) is 0.511. The third-order valence-electron chi connectivity index (χ3n) is 1.55. The van der Waals surface area contributed by atoms with Gasteiger partial charge in [-0.1, -0.05) is 11.6 Å². The number of anilines is 1. The molecule has 0 heterocycles. The molecule has 1 aromatic rings. The SMILES string of the molecule is Nc1ccc(OCOCC(F)(F)F)cc1Cl. The highest BCUT2D eigenvalue weighted by atomic mass is 35.5. The molecule has 90 valence electrons. The largest absolute Gasteiger partial charge is 0.467 e. The van der Waals surface area contributed by atoms with Crippen molar-refractivity contribution in [2.45, 2.75) is 6.18 Å². The van der Waals surface area contributed by atoms with Crippen molar-refractivity contribution in [1.29, 1.82) is 0 Å². The summed E-state index contributed by atoms with van der Waals surface area (Å²) in [6, 6.07) is 4.37. The van der Waals surface area contributed by atoms with E-state index in [2.05, 4.69) is 4.74 Å². The third kappa shape index (κ3) is 4.59. The number of nitrogens with two attached hydrogens (primary N) is 1. The van der Waals surface area contributed by atoms with E-state index in [1.54, 1.807) is 0 Å². The Morgan fingerprint density at radius 1 is 1.31 bits per heavy atom. The molecule has 0 atom stereocenters. The van der Waals surface area contributed by atoms with Crippen molar-refractivity contribution in [3.05, 3.63) is 23.2 Å². The predicted molar refractivity (Wildman–Crippen MR) is 53.4 cm³/mol. The van der Waals surface area contributed by atoms with Crippen molar-refractivity contribution in [2.24, 2.45) is 0 Å². The Balaban J connectivity index is 2.35. The van der Waals surface area contributed by atoms with Gasteiger partial charge in [0.05, 0.1) is 10.7 Å². The van der Waals surface area contributed by atoms with Crippen LogP contribution in [0.5, 0.6) is 5.75 Å². The van der Waals surface area contributed by atoms with Crippen LogP contribution in [-0.4, -0.2) is 19.6 Å². The lowest BCUT2D eigenvalue weighted by Crippen LogP contribution is -2.19. The van der Waals surface area contributed by atoms with Gasteiger partial charge < -0.3 is 15.2 Å². The first-order valence-corrected chi connectivity index (χ1v) is 4.58. The van der Waals surface area contributed by atoms with Crippen LogP contribution in [0.4, 0.5) is 18.9 Å². The number of ether oxygens (including phenoxy) is 2. The summed E-state index contributed by atoms with van der Waals surface area (Å²) < 4.78 is 44.2. The zero-order valence-electron chi connectivity index (χ0n) is 8.05. The van der Waals surface area contributed by atoms with Gasteiger partial charge in [0.25, 0.3) is 0 Å². The van der Waals surface area contributed by atoms with E-state index in [-0.39, 0.29) is 5.02 Å². The van der Waals surface area contributed by atoms with E-state index in [1.165, 1.54) is 18.2 Å². The summed E-state index contributed by atoms with van der Waals surface area (Å²) >= 11 is 5.67. The summed E-state index contributed by atoms with van der Waals surface area (Å²) in [6.07, 6.45) is -4.36. The van der Waals surface area contributed by atoms with Crippen molar-refractivity contribution in [3.63, 3.8) is 0 Å². The molecule has 0 saturated heterocycles. The minimum absolute atomic E-state index is 0.272. The molecule has 0 aliphatic carbocycles. The summed E-state index contributed by atoms with van der Waals surface area (Å²) in [5, 5.41) is 0.272. The number of halogens is 4. The molecule has 0 fully saturated rings. The van der Waals surface area contributed by atoms with Crippen LogP contribution < -0.4 is 10.5 Å². The van der Waals surface area contributed by atoms with E-state index in [0.29, 0.717) is 11.4 Å². The van der Waals surface area contributed by atoms with E-state index in [0.717, 1.165) is 0 Å². The zero-order valence-corrected chi connectivity index (χ0v) is 8.81. The van der Waals surface area contributed by atoms with Crippen molar-refractivity contribution >= 4 is 17.3 Å². The van der Waals surface area contributed by atoms with Crippen LogP contribution in [0, 0.1) is 0 Å². The number of hydrogen-bond donors (Lipinski definition) is 1. The Morgan fingerprint density at radius 2 is 2.00 bits per heavy atom. The molecule has 3 nitrogen and oxygen atoms in total. The molecule has 0 amide bonds. The van der Waals surface area contributed by atoms with Crippen LogP contribution >= 0.6 is 11.6 Å². The normalized spacial score (nSPS) is 11.5. The highest BCUT2D eigenvalue weighted by Crippen LogP contribution is 2.24. The number of hydrogen-bond acceptors (Lipinski definition) is 3. The number of nitrogen functional groups attached to an aromatic ring is 1. The van der Waals surface area contributed by atoms with Gasteiger partial charge >= 0.3 is 6.18 Å². The van der Waals surface area contributed by atoms with Gasteiger partial charge in [-0.15, -0.1) is 0 Å². The number of rotatable bonds is 4. The highest BCUT2D eigenvalue weighted by Gasteiger charge is 2.27. The lowest BCUT2D eigenvalue weighted by molar-refractivity contribution is -0.186. The van der Waals surface area contributed by atoms with Gasteiger partial charge in [-0.05, 0) is 12.1 Å². The smallest absolute Gasteiger partial charge is 0.411 e. The maximum Gasteiger partial charge on any atom is 0.411 e. The molecule has 1 aromatic carbocycles. The van der Waals surface area contributed by atoms with Gasteiger partial charge in [0.15, 0.2) is 6.79 Å². The summed E-state index contributed by atoms with van der Waals surface area (Å²) in [6.45, 7) is -1.85. The van der Waals surface area contributed by atoms with Gasteiger partial charge in [0.1, 0.15) is 12.4 Å². The van der Waals surface area contributed by atoms with Gasteiger partial charge in [-0.3, -0.25) is 0 Å². The standard InChI is InChI=1S/C9H9ClF3NO2/c10-7-3-6(1-2-8(7)14)16-5-15-4-9(11,12)13/h1-3H,4-5,14H2. The maximum atomic E-state index is 11.7. The van der Waals surface area contributed by atoms with Crippen molar-refractivity contribution in [3.8, 4) is 5.75 Å². The molecule has 0 spiro atoms. The Labute approximate surface area is 94.9 Å². The number of benzene rings is 1. The van der Waals surface area contributed by atoms with Crippen molar-refractivity contribution < 1.29 is 22.6 Å². The molecule has 0 aliphatic heterocycles. The molecule has 16 heavy (non-hydrogen) atoms. The molecular formula is C9H9ClF3NO2. The predicted octanol–water partition coefficient (Wildman–Crippen LogP) is 2.84. The average molecular weight is 256 g/mol. The second kappa shape index (κ2) is 5.27. The Bertz CT molecular complexity index is 357. The van der Waals surface area contributed by atoms with E-state index in [1.807, 2.05) is 0 Å². The fourth-order valence-corrected chi connectivity index (χ4v) is 1.04. The topological polar surface area (TPSA) is 44.5 Å². The molecule has 0 bridgehead atoms. The first-order valence-electron chi connectivity index (χ1n) is 4.21. The van der Waals surface area contributed by atoms with E-state index in [4.69, 9.17) is 22.1 Å². The molecule has 0 unspecified atom stereocenters. The molecule has 1 rings (SSSR count). The van der Waals surface area contributed by atoms with Gasteiger partial charge in [-0.2, -0.15) is 13.2 Å². The average Bonchev–Trinajstić information content (AvgIpc) is 2.17. The summed E-state index contributed by atoms with van der Waals surface area (Å²) in [7, 11) is 0. The first kappa shape index (κ1) is 12.9. The number of alkyl halides is 3. The van der Waals surface area contributed by atoms with Crippen LogP contribution in [0.25, 0.3) is 0 Å². The van der Waals surface area contributed by atoms with Crippen LogP contribution in [0.3, 0.4) is 0 Å². The minimum Gasteiger partial charge on any atom is -0.467 e. The molecule has 0 aliphatic rings. The summed E-state index contributed by atoms with van der Waals surface area (Å²) in [4.78, 5) is 0. The summed E-state index contributed by atoms with van der Waals surface area (Å²) in [5.74, 6) is 0.293. The van der Waals surface area contributed by atoms with Crippen molar-refractivity contribution in [2.75, 3.05) is 19.1 Å². The van der Waals surface area contributed by atoms with Gasteiger partial charge in [-0.25, -0.2) is 0 Å². The van der Waals surface area contributed by atoms with E-state index >= 15 is 0 Å². The molecule has 7 heteroatoms. The fraction of sp³-hybridized carbons (Fsp3) is 0.333. The van der Waals surface area contributed by atoms with E-state index in [9.17, 15) is 13.2 Å².